The van der Waals surface area contributed by atoms with Crippen LogP contribution in [-0.2, 0) is 11.2 Å². The molecule has 0 unspecified atom stereocenters. The molecule has 1 saturated heterocycles. The average molecular weight is 559 g/mol. The van der Waals surface area contributed by atoms with Gasteiger partial charge >= 0.3 is 5.97 Å². The van der Waals surface area contributed by atoms with Gasteiger partial charge in [-0.15, -0.1) is 0 Å². The van der Waals surface area contributed by atoms with Gasteiger partial charge in [0.2, 0.25) is 0 Å². The van der Waals surface area contributed by atoms with E-state index >= 15 is 0 Å². The van der Waals surface area contributed by atoms with Gasteiger partial charge in [-0.05, 0) is 93.6 Å². The Bertz CT molecular complexity index is 1550. The SMILES string of the molecule is COC(=O)c1cccc(CCN2CCC(c3cn(-c4ccc(F)cc4C(=O)N(C)C(C)C)c4c3=CCNC=4)CC2)c1. The van der Waals surface area contributed by atoms with Crippen LogP contribution in [0.25, 0.3) is 18.0 Å². The summed E-state index contributed by atoms with van der Waals surface area (Å²) in [6, 6.07) is 12.1. The van der Waals surface area contributed by atoms with Crippen molar-refractivity contribution in [2.45, 2.75) is 45.1 Å². The fourth-order valence-electron chi connectivity index (χ4n) is 5.81. The molecule has 1 N–H and O–H groups in total. The molecular weight excluding hydrogens is 519 g/mol. The monoisotopic (exact) mass is 558 g/mol. The number of amides is 1. The zero-order valence-corrected chi connectivity index (χ0v) is 24.3. The highest BCUT2D eigenvalue weighted by Crippen LogP contribution is 2.27. The second-order valence-corrected chi connectivity index (χ2v) is 11.2. The number of carbonyl (C=O) groups excluding carboxylic acids is 2. The van der Waals surface area contributed by atoms with Crippen molar-refractivity contribution in [1.29, 1.82) is 0 Å². The Morgan fingerprint density at radius 1 is 1.15 bits per heavy atom. The number of esters is 1. The van der Waals surface area contributed by atoms with Gasteiger partial charge in [0.05, 0.1) is 29.3 Å². The van der Waals surface area contributed by atoms with Crippen LogP contribution in [0.4, 0.5) is 4.39 Å². The summed E-state index contributed by atoms with van der Waals surface area (Å²) >= 11 is 0. The molecule has 1 fully saturated rings. The van der Waals surface area contributed by atoms with E-state index in [0.717, 1.165) is 56.4 Å². The Labute approximate surface area is 240 Å². The van der Waals surface area contributed by atoms with Crippen molar-refractivity contribution in [1.82, 2.24) is 19.7 Å². The molecule has 3 heterocycles. The van der Waals surface area contributed by atoms with Crippen molar-refractivity contribution in [3.8, 4) is 5.69 Å². The first-order valence-electron chi connectivity index (χ1n) is 14.4. The third-order valence-corrected chi connectivity index (χ3v) is 8.41. The number of piperidine rings is 1. The molecule has 3 aromatic rings. The Balaban J connectivity index is 1.35. The Morgan fingerprint density at radius 3 is 2.66 bits per heavy atom. The minimum atomic E-state index is -0.423. The number of ether oxygens (including phenoxy) is 1. The lowest BCUT2D eigenvalue weighted by atomic mass is 9.89. The fourth-order valence-corrected chi connectivity index (χ4v) is 5.81. The number of nitrogens with zero attached hydrogens (tertiary/aromatic N) is 3. The average Bonchev–Trinajstić information content (AvgIpc) is 3.38. The van der Waals surface area contributed by atoms with Crippen LogP contribution in [-0.4, -0.2) is 72.6 Å². The summed E-state index contributed by atoms with van der Waals surface area (Å²) in [6.07, 6.45) is 9.31. The number of carbonyl (C=O) groups is 2. The number of likely N-dealkylation sites (tertiary alicyclic amines) is 1. The summed E-state index contributed by atoms with van der Waals surface area (Å²) in [7, 11) is 3.16. The van der Waals surface area contributed by atoms with E-state index in [2.05, 4.69) is 33.1 Å². The van der Waals surface area contributed by atoms with Gasteiger partial charge in [-0.25, -0.2) is 9.18 Å². The molecule has 2 aromatic carbocycles. The Morgan fingerprint density at radius 2 is 1.93 bits per heavy atom. The van der Waals surface area contributed by atoms with E-state index < -0.39 is 5.82 Å². The zero-order valence-electron chi connectivity index (χ0n) is 24.3. The summed E-state index contributed by atoms with van der Waals surface area (Å²) < 4.78 is 21.3. The quantitative estimate of drug-likeness (QED) is 0.430. The number of halogens is 1. The molecule has 1 aromatic heterocycles. The van der Waals surface area contributed by atoms with Crippen molar-refractivity contribution >= 4 is 24.2 Å². The zero-order chi connectivity index (χ0) is 29.1. The molecule has 7 nitrogen and oxygen atoms in total. The molecule has 5 rings (SSSR count). The van der Waals surface area contributed by atoms with Gasteiger partial charge in [0.25, 0.3) is 5.91 Å². The van der Waals surface area contributed by atoms with Crippen molar-refractivity contribution < 1.29 is 18.7 Å². The number of hydrogen-bond donors (Lipinski definition) is 1. The molecule has 2 aliphatic heterocycles. The molecule has 1 amide bonds. The van der Waals surface area contributed by atoms with Crippen LogP contribution in [0.15, 0.2) is 48.7 Å². The van der Waals surface area contributed by atoms with Crippen LogP contribution in [0.5, 0.6) is 0 Å². The van der Waals surface area contributed by atoms with Crippen molar-refractivity contribution in [3.63, 3.8) is 0 Å². The topological polar surface area (TPSA) is 66.8 Å². The van der Waals surface area contributed by atoms with Gasteiger partial charge in [0.15, 0.2) is 0 Å². The van der Waals surface area contributed by atoms with Crippen LogP contribution in [0.3, 0.4) is 0 Å². The number of hydrogen-bond acceptors (Lipinski definition) is 5. The first kappa shape index (κ1) is 28.6. The molecule has 8 heteroatoms. The van der Waals surface area contributed by atoms with Gasteiger partial charge in [0, 0.05) is 43.8 Å². The van der Waals surface area contributed by atoms with E-state index in [1.54, 1.807) is 24.1 Å². The molecular formula is C33H39FN4O3. The lowest BCUT2D eigenvalue weighted by molar-refractivity contribution is 0.0600. The highest BCUT2D eigenvalue weighted by molar-refractivity contribution is 5.98. The molecule has 0 atom stereocenters. The highest BCUT2D eigenvalue weighted by Gasteiger charge is 2.26. The molecule has 0 bridgehead atoms. The van der Waals surface area contributed by atoms with Crippen LogP contribution in [0, 0.1) is 5.82 Å². The molecule has 0 radical (unpaired) electrons. The van der Waals surface area contributed by atoms with Crippen LogP contribution in [0.2, 0.25) is 0 Å². The second kappa shape index (κ2) is 12.3. The molecule has 0 aliphatic carbocycles. The number of aromatic nitrogens is 1. The number of fused-ring (bicyclic) bond motifs is 1. The van der Waals surface area contributed by atoms with Gasteiger partial charge in [0.1, 0.15) is 5.82 Å². The Kier molecular flexibility index (Phi) is 8.59. The summed E-state index contributed by atoms with van der Waals surface area (Å²) in [4.78, 5) is 29.4. The second-order valence-electron chi connectivity index (χ2n) is 11.2. The van der Waals surface area contributed by atoms with E-state index in [0.29, 0.717) is 22.7 Å². The smallest absolute Gasteiger partial charge is 0.337 e. The van der Waals surface area contributed by atoms with Crippen LogP contribution < -0.4 is 15.9 Å². The van der Waals surface area contributed by atoms with Gasteiger partial charge in [-0.3, -0.25) is 4.79 Å². The maximum Gasteiger partial charge on any atom is 0.337 e. The molecule has 0 spiro atoms. The lowest BCUT2D eigenvalue weighted by Crippen LogP contribution is -2.39. The number of benzene rings is 2. The Hall–Kier alpha value is -3.91. The predicted octanol–water partition coefficient (Wildman–Crippen LogP) is 3.43. The first-order valence-corrected chi connectivity index (χ1v) is 14.4. The minimum Gasteiger partial charge on any atom is -0.465 e. The first-order chi connectivity index (χ1) is 19.8. The third kappa shape index (κ3) is 6.07. The van der Waals surface area contributed by atoms with E-state index in [4.69, 9.17) is 4.74 Å². The highest BCUT2D eigenvalue weighted by atomic mass is 19.1. The van der Waals surface area contributed by atoms with Gasteiger partial charge in [-0.2, -0.15) is 0 Å². The number of methoxy groups -OCH3 is 1. The van der Waals surface area contributed by atoms with Gasteiger partial charge in [-0.1, -0.05) is 18.2 Å². The predicted molar refractivity (Wildman–Crippen MR) is 159 cm³/mol. The summed E-state index contributed by atoms with van der Waals surface area (Å²) in [6.45, 7) is 7.56. The van der Waals surface area contributed by atoms with Crippen LogP contribution in [0.1, 0.15) is 64.4 Å². The normalized spacial score (nSPS) is 15.5. The summed E-state index contributed by atoms with van der Waals surface area (Å²) in [5.74, 6) is -0.536. The molecule has 41 heavy (non-hydrogen) atoms. The fraction of sp³-hybridized carbons (Fsp3) is 0.394. The minimum absolute atomic E-state index is 0.00343. The van der Waals surface area contributed by atoms with E-state index in [1.807, 2.05) is 32.2 Å². The molecule has 2 aliphatic rings. The third-order valence-electron chi connectivity index (χ3n) is 8.41. The maximum absolute atomic E-state index is 14.4. The van der Waals surface area contributed by atoms with E-state index in [9.17, 15) is 14.0 Å². The van der Waals surface area contributed by atoms with Gasteiger partial charge < -0.3 is 24.4 Å². The summed E-state index contributed by atoms with van der Waals surface area (Å²) in [5.41, 5.74) is 4.04. The molecule has 216 valence electrons. The summed E-state index contributed by atoms with van der Waals surface area (Å²) in [5, 5.41) is 5.50. The van der Waals surface area contributed by atoms with E-state index in [1.165, 1.54) is 30.0 Å². The van der Waals surface area contributed by atoms with E-state index in [-0.39, 0.29) is 17.9 Å². The standard InChI is InChI=1S/C33H39FN4O3/c1-22(2)36(3)32(39)28-19-26(34)8-9-30(28)38-21-29(27-10-14-35-20-31(27)38)24-12-16-37(17-13-24)15-11-23-6-5-7-25(18-23)33(40)41-4/h5-10,18-22,24,35H,11-17H2,1-4H3. The van der Waals surface area contributed by atoms with Crippen molar-refractivity contribution in [3.05, 3.63) is 87.3 Å². The van der Waals surface area contributed by atoms with Crippen molar-refractivity contribution in [2.75, 3.05) is 40.3 Å². The van der Waals surface area contributed by atoms with Crippen LogP contribution >= 0.6 is 0 Å². The lowest BCUT2D eigenvalue weighted by Gasteiger charge is -2.32. The van der Waals surface area contributed by atoms with Crippen molar-refractivity contribution in [2.24, 2.45) is 0 Å². The number of rotatable bonds is 8. The maximum atomic E-state index is 14.4. The number of nitrogens with one attached hydrogen (secondary N) is 1. The molecule has 0 saturated carbocycles. The largest absolute Gasteiger partial charge is 0.465 e.